The first-order chi connectivity index (χ1) is 15.8. The van der Waals surface area contributed by atoms with E-state index in [0.717, 1.165) is 17.0 Å². The summed E-state index contributed by atoms with van der Waals surface area (Å²) in [6.45, 7) is 0. The van der Waals surface area contributed by atoms with E-state index < -0.39 is 41.6 Å². The van der Waals surface area contributed by atoms with Gasteiger partial charge in [0.2, 0.25) is 5.91 Å². The van der Waals surface area contributed by atoms with Crippen molar-refractivity contribution in [3.63, 3.8) is 0 Å². The number of rotatable bonds is 3. The van der Waals surface area contributed by atoms with Gasteiger partial charge in [-0.15, -0.1) is 0 Å². The van der Waals surface area contributed by atoms with Crippen molar-refractivity contribution in [2.75, 3.05) is 9.96 Å². The van der Waals surface area contributed by atoms with Crippen LogP contribution in [0.2, 0.25) is 5.02 Å². The van der Waals surface area contributed by atoms with E-state index in [9.17, 15) is 22.8 Å². The van der Waals surface area contributed by atoms with Crippen LogP contribution in [0.15, 0.2) is 78.9 Å². The molecule has 0 aromatic heterocycles. The second kappa shape index (κ2) is 7.90. The van der Waals surface area contributed by atoms with Crippen LogP contribution in [0.4, 0.5) is 24.5 Å². The molecule has 0 spiro atoms. The number of halogens is 4. The van der Waals surface area contributed by atoms with Crippen molar-refractivity contribution in [2.24, 2.45) is 5.92 Å². The van der Waals surface area contributed by atoms with Crippen LogP contribution in [0.5, 0.6) is 0 Å². The number of carbonyl (C=O) groups is 2. The Bertz CT molecular complexity index is 1230. The van der Waals surface area contributed by atoms with Gasteiger partial charge in [0, 0.05) is 0 Å². The lowest BCUT2D eigenvalue weighted by Crippen LogP contribution is -2.37. The zero-order valence-corrected chi connectivity index (χ0v) is 17.6. The van der Waals surface area contributed by atoms with E-state index in [0.29, 0.717) is 5.69 Å². The summed E-state index contributed by atoms with van der Waals surface area (Å²) in [5, 5.41) is 1.56. The molecule has 2 amide bonds. The average Bonchev–Trinajstić information content (AvgIpc) is 3.31. The Morgan fingerprint density at radius 2 is 1.55 bits per heavy atom. The maximum absolute atomic E-state index is 13.5. The molecule has 9 heteroatoms. The highest BCUT2D eigenvalue weighted by atomic mass is 35.5. The van der Waals surface area contributed by atoms with Crippen LogP contribution < -0.4 is 9.96 Å². The van der Waals surface area contributed by atoms with Crippen LogP contribution >= 0.6 is 11.6 Å². The lowest BCUT2D eigenvalue weighted by molar-refractivity contribution is -0.137. The van der Waals surface area contributed by atoms with Crippen LogP contribution in [0.3, 0.4) is 0 Å². The van der Waals surface area contributed by atoms with Gasteiger partial charge in [-0.2, -0.15) is 13.2 Å². The summed E-state index contributed by atoms with van der Waals surface area (Å²) in [7, 11) is 0. The number of amides is 2. The van der Waals surface area contributed by atoms with Crippen LogP contribution in [-0.2, 0) is 20.6 Å². The number of hydrogen-bond donors (Lipinski definition) is 0. The molecule has 2 aliphatic rings. The number of alkyl halides is 3. The lowest BCUT2D eigenvalue weighted by Gasteiger charge is -2.29. The van der Waals surface area contributed by atoms with Crippen LogP contribution in [0, 0.1) is 5.92 Å². The zero-order valence-electron chi connectivity index (χ0n) is 16.9. The molecular formula is C24H16ClF3N2O3. The van der Waals surface area contributed by atoms with E-state index in [1.807, 2.05) is 0 Å². The monoisotopic (exact) mass is 472 g/mol. The lowest BCUT2D eigenvalue weighted by atomic mass is 9.89. The molecule has 168 valence electrons. The minimum absolute atomic E-state index is 0.203. The Morgan fingerprint density at radius 1 is 0.848 bits per heavy atom. The molecule has 0 N–H and O–H groups in total. The first-order valence-corrected chi connectivity index (χ1v) is 10.5. The topological polar surface area (TPSA) is 49.9 Å². The fourth-order valence-corrected chi connectivity index (χ4v) is 4.54. The van der Waals surface area contributed by atoms with Crippen molar-refractivity contribution in [2.45, 2.75) is 18.3 Å². The molecule has 5 rings (SSSR count). The molecule has 0 aliphatic carbocycles. The summed E-state index contributed by atoms with van der Waals surface area (Å²) in [5.74, 6) is -2.26. The second-order valence-electron chi connectivity index (χ2n) is 7.74. The summed E-state index contributed by atoms with van der Waals surface area (Å²) >= 11 is 6.22. The first-order valence-electron chi connectivity index (χ1n) is 10.1. The van der Waals surface area contributed by atoms with Crippen molar-refractivity contribution in [3.8, 4) is 0 Å². The van der Waals surface area contributed by atoms with Crippen LogP contribution in [-0.4, -0.2) is 17.9 Å². The Labute approximate surface area is 191 Å². The van der Waals surface area contributed by atoms with Crippen molar-refractivity contribution < 1.29 is 27.6 Å². The minimum Gasteiger partial charge on any atom is -0.273 e. The number of nitrogens with zero attached hydrogens (tertiary/aromatic N) is 2. The Kier molecular flexibility index (Phi) is 5.14. The summed E-state index contributed by atoms with van der Waals surface area (Å²) in [5.41, 5.74) is 0.0833. The average molecular weight is 473 g/mol. The van der Waals surface area contributed by atoms with Crippen molar-refractivity contribution in [3.05, 3.63) is 95.0 Å². The van der Waals surface area contributed by atoms with E-state index in [-0.39, 0.29) is 16.3 Å². The highest BCUT2D eigenvalue weighted by Crippen LogP contribution is 2.48. The summed E-state index contributed by atoms with van der Waals surface area (Å²) in [4.78, 5) is 33.6. The Morgan fingerprint density at radius 3 is 2.24 bits per heavy atom. The number of para-hydroxylation sites is 2. The van der Waals surface area contributed by atoms with E-state index in [2.05, 4.69) is 0 Å². The van der Waals surface area contributed by atoms with Gasteiger partial charge in [0.15, 0.2) is 6.10 Å². The molecule has 0 saturated carbocycles. The van der Waals surface area contributed by atoms with Gasteiger partial charge in [-0.05, 0) is 42.0 Å². The number of hydroxylamine groups is 1. The van der Waals surface area contributed by atoms with E-state index in [1.54, 1.807) is 48.5 Å². The fourth-order valence-electron chi connectivity index (χ4n) is 4.32. The number of fused-ring (bicyclic) bond motifs is 1. The van der Waals surface area contributed by atoms with Crippen LogP contribution in [0.1, 0.15) is 17.2 Å². The molecule has 0 bridgehead atoms. The van der Waals surface area contributed by atoms with Crippen molar-refractivity contribution in [1.29, 1.82) is 0 Å². The summed E-state index contributed by atoms with van der Waals surface area (Å²) in [6, 6.07) is 18.8. The fraction of sp³-hybridized carbons (Fsp3) is 0.167. The standard InChI is InChI=1S/C24H16ClF3N2O3/c25-17-11-4-5-12-18(17)29-22(31)19-20(14-7-6-8-15(13-14)24(26,27)28)30(33-21(19)23(29)32)16-9-2-1-3-10-16/h1-13,19-21H/t19-,20-,21-/m1/s1. The molecular weight excluding hydrogens is 457 g/mol. The number of anilines is 2. The molecule has 3 aromatic carbocycles. The van der Waals surface area contributed by atoms with Crippen molar-refractivity contribution >= 4 is 34.8 Å². The molecule has 2 saturated heterocycles. The van der Waals surface area contributed by atoms with E-state index >= 15 is 0 Å². The van der Waals surface area contributed by atoms with E-state index in [4.69, 9.17) is 16.4 Å². The Hall–Kier alpha value is -3.36. The van der Waals surface area contributed by atoms with Gasteiger partial charge < -0.3 is 0 Å². The van der Waals surface area contributed by atoms with Crippen LogP contribution in [0.25, 0.3) is 0 Å². The van der Waals surface area contributed by atoms with Gasteiger partial charge >= 0.3 is 6.18 Å². The SMILES string of the molecule is O=C1[C@@H]2[C@@H](c3cccc(C(F)(F)F)c3)N(c3ccccc3)O[C@H]2C(=O)N1c1ccccc1Cl. The molecule has 2 fully saturated rings. The number of benzene rings is 3. The minimum atomic E-state index is -4.56. The summed E-state index contributed by atoms with van der Waals surface area (Å²) in [6.07, 6.45) is -5.76. The molecule has 2 aliphatic heterocycles. The predicted octanol–water partition coefficient (Wildman–Crippen LogP) is 5.41. The maximum atomic E-state index is 13.5. The third-order valence-electron chi connectivity index (χ3n) is 5.77. The highest BCUT2D eigenvalue weighted by molar-refractivity contribution is 6.36. The molecule has 33 heavy (non-hydrogen) atoms. The number of imide groups is 1. The zero-order chi connectivity index (χ0) is 23.3. The largest absolute Gasteiger partial charge is 0.416 e. The van der Waals surface area contributed by atoms with Gasteiger partial charge in [-0.1, -0.05) is 54.1 Å². The summed E-state index contributed by atoms with van der Waals surface area (Å²) < 4.78 is 40.3. The molecule has 0 radical (unpaired) electrons. The smallest absolute Gasteiger partial charge is 0.273 e. The number of carbonyl (C=O) groups excluding carboxylic acids is 2. The molecule has 3 atom stereocenters. The third kappa shape index (κ3) is 3.55. The maximum Gasteiger partial charge on any atom is 0.416 e. The third-order valence-corrected chi connectivity index (χ3v) is 6.09. The quantitative estimate of drug-likeness (QED) is 0.478. The second-order valence-corrected chi connectivity index (χ2v) is 8.15. The van der Waals surface area contributed by atoms with Gasteiger partial charge in [-0.3, -0.25) is 14.4 Å². The first kappa shape index (κ1) is 21.5. The molecule has 2 heterocycles. The van der Waals surface area contributed by atoms with E-state index in [1.165, 1.54) is 23.3 Å². The normalized spacial score (nSPS) is 22.7. The van der Waals surface area contributed by atoms with Gasteiger partial charge in [0.1, 0.15) is 5.92 Å². The van der Waals surface area contributed by atoms with Gasteiger partial charge in [-0.25, -0.2) is 9.96 Å². The Balaban J connectivity index is 1.62. The van der Waals surface area contributed by atoms with Gasteiger partial charge in [0.05, 0.1) is 28.0 Å². The van der Waals surface area contributed by atoms with Gasteiger partial charge in [0.25, 0.3) is 5.91 Å². The van der Waals surface area contributed by atoms with Crippen molar-refractivity contribution in [1.82, 2.24) is 0 Å². The molecule has 0 unspecified atom stereocenters. The predicted molar refractivity (Wildman–Crippen MR) is 115 cm³/mol. The molecule has 5 nitrogen and oxygen atoms in total. The number of hydrogen-bond acceptors (Lipinski definition) is 4. The molecule has 3 aromatic rings. The highest BCUT2D eigenvalue weighted by Gasteiger charge is 2.60.